The largest absolute Gasteiger partial charge is 0.238 e. The maximum absolute atomic E-state index is 11.4. The second-order valence-corrected chi connectivity index (χ2v) is 8.00. The fraction of sp³-hybridized carbons (Fsp3) is 0.0625. The number of aromatic nitrogens is 2. The highest BCUT2D eigenvalue weighted by Gasteiger charge is 2.17. The Labute approximate surface area is 153 Å². The van der Waals surface area contributed by atoms with Crippen molar-refractivity contribution < 1.29 is 8.42 Å². The average molecular weight is 427 g/mol. The van der Waals surface area contributed by atoms with E-state index in [1.165, 1.54) is 12.1 Å². The number of hydrogen-bond acceptors (Lipinski definition) is 3. The van der Waals surface area contributed by atoms with E-state index in [0.717, 1.165) is 27.1 Å². The predicted molar refractivity (Wildman–Crippen MR) is 97.8 cm³/mol. The summed E-state index contributed by atoms with van der Waals surface area (Å²) in [6, 6.07) is 13.7. The lowest BCUT2D eigenvalue weighted by Gasteiger charge is -2.09. The third-order valence-corrected chi connectivity index (χ3v) is 5.65. The van der Waals surface area contributed by atoms with Crippen LogP contribution in [-0.2, 0) is 10.0 Å². The maximum atomic E-state index is 11.4. The molecule has 1 aromatic heterocycles. The topological polar surface area (TPSA) is 78.0 Å². The van der Waals surface area contributed by atoms with E-state index in [1.807, 2.05) is 19.1 Å². The van der Waals surface area contributed by atoms with Crippen molar-refractivity contribution in [2.75, 3.05) is 0 Å². The molecule has 24 heavy (non-hydrogen) atoms. The van der Waals surface area contributed by atoms with Gasteiger partial charge in [-0.3, -0.25) is 0 Å². The monoisotopic (exact) mass is 425 g/mol. The van der Waals surface area contributed by atoms with Crippen LogP contribution < -0.4 is 5.14 Å². The molecule has 0 amide bonds. The van der Waals surface area contributed by atoms with Gasteiger partial charge in [-0.15, -0.1) is 0 Å². The van der Waals surface area contributed by atoms with Crippen LogP contribution in [-0.4, -0.2) is 18.2 Å². The van der Waals surface area contributed by atoms with Crippen LogP contribution in [0.3, 0.4) is 0 Å². The molecule has 0 spiro atoms. The van der Waals surface area contributed by atoms with Gasteiger partial charge < -0.3 is 0 Å². The fourth-order valence-corrected chi connectivity index (χ4v) is 3.45. The number of hydrogen-bond donors (Lipinski definition) is 1. The smallest absolute Gasteiger partial charge is 0.232 e. The van der Waals surface area contributed by atoms with Gasteiger partial charge in [0.05, 0.1) is 26.4 Å². The van der Waals surface area contributed by atoms with Crippen molar-refractivity contribution in [1.29, 1.82) is 0 Å². The lowest BCUT2D eigenvalue weighted by molar-refractivity contribution is 0.598. The highest BCUT2D eigenvalue weighted by atomic mass is 79.9. The average Bonchev–Trinajstić information content (AvgIpc) is 2.83. The summed E-state index contributed by atoms with van der Waals surface area (Å²) >= 11 is 9.53. The molecule has 2 aromatic carbocycles. The first kappa shape index (κ1) is 17.2. The summed E-state index contributed by atoms with van der Waals surface area (Å²) in [5, 5.41) is 10.3. The van der Waals surface area contributed by atoms with E-state index in [4.69, 9.17) is 16.7 Å². The van der Waals surface area contributed by atoms with Gasteiger partial charge in [0.25, 0.3) is 0 Å². The first-order valence-corrected chi connectivity index (χ1v) is 9.63. The quantitative estimate of drug-likeness (QED) is 0.689. The minimum atomic E-state index is -3.73. The number of aryl methyl sites for hydroxylation is 1. The molecule has 0 unspecified atom stereocenters. The summed E-state index contributed by atoms with van der Waals surface area (Å²) in [6.45, 7) is 1.89. The normalized spacial score (nSPS) is 11.7. The van der Waals surface area contributed by atoms with E-state index < -0.39 is 10.0 Å². The maximum Gasteiger partial charge on any atom is 0.238 e. The standard InChI is InChI=1S/C16H13BrClN3O2S/c1-10-15(17)16(11-2-4-12(18)5-3-11)21(20-10)13-6-8-14(9-7-13)24(19,22)23/h2-9H,1H3,(H2,19,22,23). The summed E-state index contributed by atoms with van der Waals surface area (Å²) in [5.74, 6) is 0. The van der Waals surface area contributed by atoms with Gasteiger partial charge in [0, 0.05) is 10.6 Å². The van der Waals surface area contributed by atoms with E-state index in [9.17, 15) is 8.42 Å². The number of sulfonamides is 1. The van der Waals surface area contributed by atoms with Crippen LogP contribution in [0.15, 0.2) is 57.9 Å². The lowest BCUT2D eigenvalue weighted by atomic mass is 10.1. The Morgan fingerprint density at radius 3 is 2.21 bits per heavy atom. The molecule has 0 aliphatic rings. The van der Waals surface area contributed by atoms with Crippen molar-refractivity contribution in [3.05, 3.63) is 63.7 Å². The second-order valence-electron chi connectivity index (χ2n) is 5.21. The van der Waals surface area contributed by atoms with E-state index >= 15 is 0 Å². The summed E-state index contributed by atoms with van der Waals surface area (Å²) in [6.07, 6.45) is 0. The van der Waals surface area contributed by atoms with Gasteiger partial charge in [-0.25, -0.2) is 18.2 Å². The second kappa shape index (κ2) is 6.33. The van der Waals surface area contributed by atoms with Crippen LogP contribution in [0.5, 0.6) is 0 Å². The number of primary sulfonamides is 1. The number of benzene rings is 2. The van der Waals surface area contributed by atoms with Gasteiger partial charge >= 0.3 is 0 Å². The SMILES string of the molecule is Cc1nn(-c2ccc(S(N)(=O)=O)cc2)c(-c2ccc(Cl)cc2)c1Br. The molecule has 0 saturated carbocycles. The Morgan fingerprint density at radius 2 is 1.67 bits per heavy atom. The zero-order valence-electron chi connectivity index (χ0n) is 12.6. The Bertz CT molecular complexity index is 997. The lowest BCUT2D eigenvalue weighted by Crippen LogP contribution is -2.12. The van der Waals surface area contributed by atoms with Crippen molar-refractivity contribution >= 4 is 37.6 Å². The van der Waals surface area contributed by atoms with Crippen LogP contribution in [0.1, 0.15) is 5.69 Å². The third-order valence-electron chi connectivity index (χ3n) is 3.51. The molecule has 3 aromatic rings. The molecule has 124 valence electrons. The van der Waals surface area contributed by atoms with Gasteiger partial charge in [-0.2, -0.15) is 5.10 Å². The van der Waals surface area contributed by atoms with E-state index in [1.54, 1.807) is 28.9 Å². The summed E-state index contributed by atoms with van der Waals surface area (Å²) < 4.78 is 25.4. The molecule has 0 radical (unpaired) electrons. The number of nitrogens with zero attached hydrogens (tertiary/aromatic N) is 2. The zero-order chi connectivity index (χ0) is 17.5. The molecule has 0 fully saturated rings. The molecule has 1 heterocycles. The van der Waals surface area contributed by atoms with Crippen LogP contribution in [0.25, 0.3) is 16.9 Å². The molecule has 3 rings (SSSR count). The highest BCUT2D eigenvalue weighted by molar-refractivity contribution is 9.10. The van der Waals surface area contributed by atoms with Crippen LogP contribution in [0, 0.1) is 6.92 Å². The molecule has 0 bridgehead atoms. The zero-order valence-corrected chi connectivity index (χ0v) is 15.7. The van der Waals surface area contributed by atoms with Crippen molar-refractivity contribution in [3.63, 3.8) is 0 Å². The number of nitrogens with two attached hydrogens (primary N) is 1. The molecule has 5 nitrogen and oxygen atoms in total. The van der Waals surface area contributed by atoms with Crippen molar-refractivity contribution in [3.8, 4) is 16.9 Å². The summed E-state index contributed by atoms with van der Waals surface area (Å²) in [7, 11) is -3.73. The fourth-order valence-electron chi connectivity index (χ4n) is 2.33. The van der Waals surface area contributed by atoms with Crippen molar-refractivity contribution in [1.82, 2.24) is 9.78 Å². The Morgan fingerprint density at radius 1 is 1.08 bits per heavy atom. The summed E-state index contributed by atoms with van der Waals surface area (Å²) in [4.78, 5) is 0.0576. The molecule has 8 heteroatoms. The van der Waals surface area contributed by atoms with Crippen LogP contribution in [0.2, 0.25) is 5.02 Å². The molecular weight excluding hydrogens is 414 g/mol. The van der Waals surface area contributed by atoms with Crippen LogP contribution in [0.4, 0.5) is 0 Å². The van der Waals surface area contributed by atoms with E-state index in [-0.39, 0.29) is 4.90 Å². The molecule has 0 atom stereocenters. The molecule has 0 saturated heterocycles. The predicted octanol–water partition coefficient (Wildman–Crippen LogP) is 3.91. The van der Waals surface area contributed by atoms with Crippen molar-refractivity contribution in [2.45, 2.75) is 11.8 Å². The van der Waals surface area contributed by atoms with Gasteiger partial charge in [-0.05, 0) is 59.3 Å². The van der Waals surface area contributed by atoms with Gasteiger partial charge in [0.15, 0.2) is 0 Å². The Balaban J connectivity index is 2.15. The van der Waals surface area contributed by atoms with Gasteiger partial charge in [-0.1, -0.05) is 23.7 Å². The molecule has 0 aliphatic carbocycles. The minimum absolute atomic E-state index is 0.0576. The first-order chi connectivity index (χ1) is 11.3. The molecule has 0 aliphatic heterocycles. The Kier molecular flexibility index (Phi) is 4.52. The van der Waals surface area contributed by atoms with E-state index in [0.29, 0.717) is 5.02 Å². The first-order valence-electron chi connectivity index (χ1n) is 6.91. The number of rotatable bonds is 3. The number of halogens is 2. The third kappa shape index (κ3) is 3.25. The summed E-state index contributed by atoms with van der Waals surface area (Å²) in [5.41, 5.74) is 3.33. The minimum Gasteiger partial charge on any atom is -0.232 e. The van der Waals surface area contributed by atoms with Crippen molar-refractivity contribution in [2.24, 2.45) is 5.14 Å². The molecular formula is C16H13BrClN3O2S. The van der Waals surface area contributed by atoms with Gasteiger partial charge in [0.1, 0.15) is 0 Å². The highest BCUT2D eigenvalue weighted by Crippen LogP contribution is 2.33. The van der Waals surface area contributed by atoms with Gasteiger partial charge in [0.2, 0.25) is 10.0 Å². The Hall–Kier alpha value is -1.67. The van der Waals surface area contributed by atoms with E-state index in [2.05, 4.69) is 21.0 Å². The van der Waals surface area contributed by atoms with Crippen LogP contribution >= 0.6 is 27.5 Å². The molecule has 2 N–H and O–H groups in total.